The average Bonchev–Trinajstić information content (AvgIpc) is 2.36. The molecule has 0 fully saturated rings. The molecule has 0 aromatic heterocycles. The molecule has 0 bridgehead atoms. The maximum Gasteiger partial charge on any atom is 0.412 e. The average molecular weight is 293 g/mol. The minimum atomic E-state index is -0.755. The SMILES string of the molecule is COC(=O)C#Cc1ccc(NC(=O)OC(C)(C)C)c(F)c1. The summed E-state index contributed by atoms with van der Waals surface area (Å²) in [5.41, 5.74) is -0.424. The Balaban J connectivity index is 2.81. The molecule has 1 rings (SSSR count). The van der Waals surface area contributed by atoms with Gasteiger partial charge in [0.15, 0.2) is 0 Å². The van der Waals surface area contributed by atoms with E-state index in [0.717, 1.165) is 6.07 Å². The van der Waals surface area contributed by atoms with Crippen molar-refractivity contribution < 1.29 is 23.5 Å². The van der Waals surface area contributed by atoms with E-state index >= 15 is 0 Å². The highest BCUT2D eigenvalue weighted by molar-refractivity contribution is 5.89. The number of carbonyl (C=O) groups excluding carboxylic acids is 2. The van der Waals surface area contributed by atoms with Gasteiger partial charge in [-0.2, -0.15) is 0 Å². The number of methoxy groups -OCH3 is 1. The number of halogens is 1. The van der Waals surface area contributed by atoms with E-state index in [-0.39, 0.29) is 11.3 Å². The fraction of sp³-hybridized carbons (Fsp3) is 0.333. The van der Waals surface area contributed by atoms with Crippen LogP contribution in [0.4, 0.5) is 14.9 Å². The molecule has 0 saturated heterocycles. The monoisotopic (exact) mass is 293 g/mol. The van der Waals surface area contributed by atoms with E-state index in [0.29, 0.717) is 0 Å². The predicted molar refractivity (Wildman–Crippen MR) is 75.2 cm³/mol. The highest BCUT2D eigenvalue weighted by Gasteiger charge is 2.17. The highest BCUT2D eigenvalue weighted by Crippen LogP contribution is 2.17. The normalized spacial score (nSPS) is 10.1. The summed E-state index contributed by atoms with van der Waals surface area (Å²) in [4.78, 5) is 22.4. The number of benzene rings is 1. The molecule has 5 nitrogen and oxygen atoms in total. The Labute approximate surface area is 122 Å². The Bertz CT molecular complexity index is 608. The topological polar surface area (TPSA) is 64.6 Å². The molecule has 0 heterocycles. The molecule has 0 radical (unpaired) electrons. The Kier molecular flexibility index (Phi) is 5.30. The van der Waals surface area contributed by atoms with E-state index in [9.17, 15) is 14.0 Å². The predicted octanol–water partition coefficient (Wildman–Crippen LogP) is 2.70. The smallest absolute Gasteiger partial charge is 0.412 e. The van der Waals surface area contributed by atoms with Gasteiger partial charge in [0.1, 0.15) is 11.4 Å². The van der Waals surface area contributed by atoms with Crippen LogP contribution in [0, 0.1) is 17.7 Å². The van der Waals surface area contributed by atoms with E-state index < -0.39 is 23.5 Å². The molecule has 0 aliphatic carbocycles. The minimum absolute atomic E-state index is 0.0344. The zero-order chi connectivity index (χ0) is 16.0. The number of amides is 1. The fourth-order valence-electron chi connectivity index (χ4n) is 1.28. The summed E-state index contributed by atoms with van der Waals surface area (Å²) in [5.74, 6) is 3.22. The van der Waals surface area contributed by atoms with Crippen molar-refractivity contribution in [2.24, 2.45) is 0 Å². The molecule has 1 N–H and O–H groups in total. The molecule has 0 aliphatic heterocycles. The van der Waals surface area contributed by atoms with Gasteiger partial charge in [-0.25, -0.2) is 14.0 Å². The van der Waals surface area contributed by atoms with Crippen LogP contribution < -0.4 is 5.32 Å². The Morgan fingerprint density at radius 3 is 2.48 bits per heavy atom. The minimum Gasteiger partial charge on any atom is -0.459 e. The van der Waals surface area contributed by atoms with Crippen LogP contribution in [0.1, 0.15) is 26.3 Å². The first-order chi connectivity index (χ1) is 9.71. The van der Waals surface area contributed by atoms with E-state index in [1.54, 1.807) is 20.8 Å². The number of hydrogen-bond acceptors (Lipinski definition) is 4. The quantitative estimate of drug-likeness (QED) is 0.638. The molecule has 0 spiro atoms. The maximum atomic E-state index is 13.8. The first kappa shape index (κ1) is 16.5. The second-order valence-corrected chi connectivity index (χ2v) is 5.06. The lowest BCUT2D eigenvalue weighted by molar-refractivity contribution is -0.133. The van der Waals surface area contributed by atoms with Gasteiger partial charge in [0.2, 0.25) is 0 Å². The number of anilines is 1. The fourth-order valence-corrected chi connectivity index (χ4v) is 1.28. The third-order valence-corrected chi connectivity index (χ3v) is 2.10. The van der Waals surface area contributed by atoms with Crippen molar-refractivity contribution in [3.63, 3.8) is 0 Å². The molecule has 0 unspecified atom stereocenters. The lowest BCUT2D eigenvalue weighted by Crippen LogP contribution is -2.27. The number of ether oxygens (including phenoxy) is 2. The van der Waals surface area contributed by atoms with Crippen molar-refractivity contribution in [3.8, 4) is 11.8 Å². The van der Waals surface area contributed by atoms with Crippen LogP contribution in [0.5, 0.6) is 0 Å². The van der Waals surface area contributed by atoms with Crippen LogP contribution in [-0.2, 0) is 14.3 Å². The van der Waals surface area contributed by atoms with Crippen LogP contribution in [0.15, 0.2) is 18.2 Å². The van der Waals surface area contributed by atoms with Gasteiger partial charge in [-0.05, 0) is 39.0 Å². The Morgan fingerprint density at radius 1 is 1.29 bits per heavy atom. The zero-order valence-electron chi connectivity index (χ0n) is 12.2. The summed E-state index contributed by atoms with van der Waals surface area (Å²) < 4.78 is 23.2. The van der Waals surface area contributed by atoms with Crippen LogP contribution in [0.2, 0.25) is 0 Å². The summed E-state index contributed by atoms with van der Waals surface area (Å²) in [6.45, 7) is 5.11. The van der Waals surface area contributed by atoms with Crippen molar-refractivity contribution >= 4 is 17.7 Å². The van der Waals surface area contributed by atoms with Crippen molar-refractivity contribution in [1.82, 2.24) is 0 Å². The molecule has 6 heteroatoms. The molecule has 1 amide bonds. The van der Waals surface area contributed by atoms with E-state index in [1.807, 2.05) is 0 Å². The van der Waals surface area contributed by atoms with E-state index in [2.05, 4.69) is 21.9 Å². The molecule has 0 saturated carbocycles. The Hall–Kier alpha value is -2.55. The van der Waals surface area contributed by atoms with E-state index in [4.69, 9.17) is 4.74 Å². The third-order valence-electron chi connectivity index (χ3n) is 2.10. The summed E-state index contributed by atoms with van der Waals surface area (Å²) in [6, 6.07) is 3.90. The molecule has 0 aliphatic rings. The molecule has 1 aromatic carbocycles. The van der Waals surface area contributed by atoms with Crippen LogP contribution in [0.25, 0.3) is 0 Å². The highest BCUT2D eigenvalue weighted by atomic mass is 19.1. The van der Waals surface area contributed by atoms with Gasteiger partial charge in [0, 0.05) is 11.5 Å². The standard InChI is InChI=1S/C15H16FNO4/c1-15(2,3)21-14(19)17-12-7-5-10(9-11(12)16)6-8-13(18)20-4/h5,7,9H,1-4H3,(H,17,19). The van der Waals surface area contributed by atoms with Gasteiger partial charge in [-0.1, -0.05) is 5.92 Å². The summed E-state index contributed by atoms with van der Waals surface area (Å²) >= 11 is 0. The van der Waals surface area contributed by atoms with Crippen molar-refractivity contribution in [1.29, 1.82) is 0 Å². The zero-order valence-corrected chi connectivity index (χ0v) is 12.2. The van der Waals surface area contributed by atoms with Gasteiger partial charge in [0.25, 0.3) is 0 Å². The van der Waals surface area contributed by atoms with Crippen molar-refractivity contribution in [2.45, 2.75) is 26.4 Å². The number of hydrogen-bond donors (Lipinski definition) is 1. The number of esters is 1. The van der Waals surface area contributed by atoms with Gasteiger partial charge < -0.3 is 9.47 Å². The molecule has 112 valence electrons. The van der Waals surface area contributed by atoms with Crippen LogP contribution in [-0.4, -0.2) is 24.8 Å². The lowest BCUT2D eigenvalue weighted by atomic mass is 10.2. The summed E-state index contributed by atoms with van der Waals surface area (Å²) in [5, 5.41) is 2.29. The molecule has 0 atom stereocenters. The number of carbonyl (C=O) groups is 2. The largest absolute Gasteiger partial charge is 0.459 e. The summed E-state index contributed by atoms with van der Waals surface area (Å²) in [6.07, 6.45) is -0.755. The number of rotatable bonds is 1. The van der Waals surface area contributed by atoms with E-state index in [1.165, 1.54) is 19.2 Å². The Morgan fingerprint density at radius 2 is 1.95 bits per heavy atom. The van der Waals surface area contributed by atoms with Crippen LogP contribution in [0.3, 0.4) is 0 Å². The first-order valence-electron chi connectivity index (χ1n) is 6.11. The third kappa shape index (κ3) is 5.95. The summed E-state index contributed by atoms with van der Waals surface area (Å²) in [7, 11) is 1.20. The second-order valence-electron chi connectivity index (χ2n) is 5.06. The van der Waals surface area contributed by atoms with Gasteiger partial charge in [-0.15, -0.1) is 0 Å². The molecule has 21 heavy (non-hydrogen) atoms. The first-order valence-corrected chi connectivity index (χ1v) is 6.11. The van der Waals surface area contributed by atoms with Crippen molar-refractivity contribution in [3.05, 3.63) is 29.6 Å². The second kappa shape index (κ2) is 6.75. The molecular formula is C15H16FNO4. The molecular weight excluding hydrogens is 277 g/mol. The maximum absolute atomic E-state index is 13.8. The van der Waals surface area contributed by atoms with Gasteiger partial charge >= 0.3 is 12.1 Å². The molecule has 1 aromatic rings. The number of nitrogens with one attached hydrogen (secondary N) is 1. The van der Waals surface area contributed by atoms with Gasteiger partial charge in [-0.3, -0.25) is 5.32 Å². The van der Waals surface area contributed by atoms with Crippen molar-refractivity contribution in [2.75, 3.05) is 12.4 Å². The van der Waals surface area contributed by atoms with Gasteiger partial charge in [0.05, 0.1) is 12.8 Å². The van der Waals surface area contributed by atoms with Crippen LogP contribution >= 0.6 is 0 Å². The lowest BCUT2D eigenvalue weighted by Gasteiger charge is -2.19.